The van der Waals surface area contributed by atoms with E-state index >= 15 is 0 Å². The number of anilines is 6. The molecule has 0 fully saturated rings. The summed E-state index contributed by atoms with van der Waals surface area (Å²) >= 11 is 0. The van der Waals surface area contributed by atoms with Crippen molar-refractivity contribution in [3.8, 4) is 11.1 Å². The lowest BCUT2D eigenvalue weighted by Gasteiger charge is -2.30. The Balaban J connectivity index is 0.876. The van der Waals surface area contributed by atoms with Gasteiger partial charge in [0.2, 0.25) is 0 Å². The summed E-state index contributed by atoms with van der Waals surface area (Å²) in [5.41, 5.74) is 23.8. The van der Waals surface area contributed by atoms with Gasteiger partial charge in [0.05, 0.1) is 11.4 Å². The first kappa shape index (κ1) is 50.3. The molecule has 370 valence electrons. The maximum atomic E-state index is 2.42. The number of aryl methyl sites for hydroxylation is 4. The van der Waals surface area contributed by atoms with Gasteiger partial charge in [-0.05, 0) is 153 Å². The van der Waals surface area contributed by atoms with Crippen LogP contribution in [-0.4, -0.2) is 0 Å². The fraction of sp³-hybridized carbons (Fsp3) is 0.0811. The highest BCUT2D eigenvalue weighted by atomic mass is 15.2. The molecule has 0 aromatic heterocycles. The van der Waals surface area contributed by atoms with Crippen LogP contribution in [0.25, 0.3) is 59.7 Å². The molecule has 0 aliphatic carbocycles. The first-order valence-electron chi connectivity index (χ1n) is 26.6. The predicted molar refractivity (Wildman–Crippen MR) is 331 cm³/mol. The fourth-order valence-electron chi connectivity index (χ4n) is 9.87. The molecule has 10 aromatic rings. The molecule has 0 unspecified atom stereocenters. The largest absolute Gasteiger partial charge is 0.310 e. The van der Waals surface area contributed by atoms with E-state index in [1.54, 1.807) is 0 Å². The maximum absolute atomic E-state index is 2.42. The Bertz CT molecular complexity index is 3360. The summed E-state index contributed by atoms with van der Waals surface area (Å²) in [6.07, 6.45) is 19.3. The van der Waals surface area contributed by atoms with Crippen LogP contribution in [0.3, 0.4) is 0 Å². The fourth-order valence-corrected chi connectivity index (χ4v) is 9.87. The zero-order valence-corrected chi connectivity index (χ0v) is 44.0. The average Bonchev–Trinajstić information content (AvgIpc) is 3.48. The summed E-state index contributed by atoms with van der Waals surface area (Å²) < 4.78 is 0. The van der Waals surface area contributed by atoms with Gasteiger partial charge >= 0.3 is 0 Å². The molecule has 0 aliphatic heterocycles. The van der Waals surface area contributed by atoms with Crippen LogP contribution < -0.4 is 9.80 Å². The summed E-state index contributed by atoms with van der Waals surface area (Å²) in [6.45, 7) is 8.93. The quantitative estimate of drug-likeness (QED) is 0.0839. The highest BCUT2D eigenvalue weighted by molar-refractivity contribution is 5.85. The van der Waals surface area contributed by atoms with Crippen LogP contribution in [0.1, 0.15) is 80.6 Å². The minimum absolute atomic E-state index is 0.934. The zero-order chi connectivity index (χ0) is 52.1. The highest BCUT2D eigenvalue weighted by Crippen LogP contribution is 2.42. The lowest BCUT2D eigenvalue weighted by Crippen LogP contribution is -2.13. The van der Waals surface area contributed by atoms with Gasteiger partial charge in [0.25, 0.3) is 0 Å². The molecule has 2 heteroatoms. The van der Waals surface area contributed by atoms with Crippen molar-refractivity contribution in [2.75, 3.05) is 9.80 Å². The number of hydrogen-bond acceptors (Lipinski definition) is 2. The molecule has 0 amide bonds. The second kappa shape index (κ2) is 24.2. The average molecular weight is 981 g/mol. The van der Waals surface area contributed by atoms with E-state index < -0.39 is 0 Å². The van der Waals surface area contributed by atoms with Crippen molar-refractivity contribution in [3.05, 3.63) is 309 Å². The van der Waals surface area contributed by atoms with Crippen LogP contribution in [0.2, 0.25) is 0 Å². The third-order valence-corrected chi connectivity index (χ3v) is 14.1. The van der Waals surface area contributed by atoms with Gasteiger partial charge in [-0.15, -0.1) is 0 Å². The van der Waals surface area contributed by atoms with Crippen LogP contribution in [0, 0.1) is 13.8 Å². The number of benzene rings is 10. The van der Waals surface area contributed by atoms with Crippen molar-refractivity contribution < 1.29 is 0 Å². The third-order valence-electron chi connectivity index (χ3n) is 14.1. The van der Waals surface area contributed by atoms with Gasteiger partial charge in [0, 0.05) is 22.7 Å². The van der Waals surface area contributed by atoms with Crippen LogP contribution in [-0.2, 0) is 12.8 Å². The van der Waals surface area contributed by atoms with Gasteiger partial charge in [0.15, 0.2) is 0 Å². The Labute approximate surface area is 451 Å². The summed E-state index contributed by atoms with van der Waals surface area (Å²) in [5.74, 6) is 0. The topological polar surface area (TPSA) is 6.48 Å². The zero-order valence-electron chi connectivity index (χ0n) is 44.0. The van der Waals surface area contributed by atoms with Crippen molar-refractivity contribution in [1.82, 2.24) is 0 Å². The Kier molecular flexibility index (Phi) is 16.0. The molecule has 0 heterocycles. The molecule has 10 rings (SSSR count). The van der Waals surface area contributed by atoms with Crippen LogP contribution in [0.4, 0.5) is 34.1 Å². The van der Waals surface area contributed by atoms with E-state index in [-0.39, 0.29) is 0 Å². The minimum atomic E-state index is 0.934. The van der Waals surface area contributed by atoms with E-state index in [0.717, 1.165) is 46.7 Å². The smallest absolute Gasteiger partial charge is 0.0522 e. The van der Waals surface area contributed by atoms with E-state index in [1.807, 2.05) is 12.1 Å². The molecular weight excluding hydrogens is 917 g/mol. The molecule has 0 aliphatic rings. The molecule has 0 saturated heterocycles. The van der Waals surface area contributed by atoms with E-state index in [2.05, 4.69) is 317 Å². The lowest BCUT2D eigenvalue weighted by molar-refractivity contribution is 1.10. The first-order chi connectivity index (χ1) is 37.4. The van der Waals surface area contributed by atoms with Crippen molar-refractivity contribution in [3.63, 3.8) is 0 Å². The summed E-state index contributed by atoms with van der Waals surface area (Å²) in [4.78, 5) is 4.84. The molecule has 0 bridgehead atoms. The second-order valence-electron chi connectivity index (χ2n) is 19.3. The molecule has 0 saturated carbocycles. The molecular formula is C74H64N2. The van der Waals surface area contributed by atoms with Crippen molar-refractivity contribution in [2.24, 2.45) is 0 Å². The summed E-state index contributed by atoms with van der Waals surface area (Å²) in [7, 11) is 0. The molecule has 0 atom stereocenters. The second-order valence-corrected chi connectivity index (χ2v) is 19.3. The third kappa shape index (κ3) is 12.2. The Morgan fingerprint density at radius 1 is 0.250 bits per heavy atom. The van der Waals surface area contributed by atoms with E-state index in [1.165, 1.54) is 78.1 Å². The van der Waals surface area contributed by atoms with Gasteiger partial charge in [-0.25, -0.2) is 0 Å². The molecule has 0 radical (unpaired) electrons. The Morgan fingerprint density at radius 2 is 0.487 bits per heavy atom. The Hall–Kier alpha value is -9.24. The summed E-state index contributed by atoms with van der Waals surface area (Å²) in [6, 6.07) is 87.5. The SMILES string of the molecule is CCc1cccc(C)c1N(c1ccc(/C=C/c2ccc(/C=C/c3ccccc3)cc2)cc1)c1ccc(-c2ccc(N(c3ccc(/C=C/c4ccc(/C=C/c5ccccc5)cc4)cc3)c3c(C)cccc3CC)cc2)cc1. The number of nitrogens with zero attached hydrogens (tertiary/aromatic N) is 2. The molecule has 10 aromatic carbocycles. The van der Waals surface area contributed by atoms with Crippen molar-refractivity contribution in [2.45, 2.75) is 40.5 Å². The van der Waals surface area contributed by atoms with E-state index in [4.69, 9.17) is 0 Å². The molecule has 76 heavy (non-hydrogen) atoms. The van der Waals surface area contributed by atoms with Crippen LogP contribution in [0.15, 0.2) is 243 Å². The van der Waals surface area contributed by atoms with Crippen LogP contribution in [0.5, 0.6) is 0 Å². The standard InChI is InChI=1S/C74H64N2/c1-5-65-21-13-15-55(3)73(65)75(69-47-39-63(40-48-69)37-35-61-31-27-59(28-32-61)25-23-57-17-9-7-10-18-57)71-51-43-67(44-52-71)68-45-53-72(54-46-68)76(74-56(4)16-14-22-66(74)6-2)70-49-41-64(42-50-70)38-36-62-33-29-60(30-34-62)26-24-58-19-11-8-12-20-58/h7-54H,5-6H2,1-4H3/b25-23+,26-24+,37-35+,38-36+. The van der Waals surface area contributed by atoms with Gasteiger partial charge in [0.1, 0.15) is 0 Å². The highest BCUT2D eigenvalue weighted by Gasteiger charge is 2.20. The first-order valence-corrected chi connectivity index (χ1v) is 26.6. The van der Waals surface area contributed by atoms with Gasteiger partial charge < -0.3 is 9.80 Å². The normalized spacial score (nSPS) is 11.6. The van der Waals surface area contributed by atoms with E-state index in [9.17, 15) is 0 Å². The minimum Gasteiger partial charge on any atom is -0.310 e. The number of para-hydroxylation sites is 2. The predicted octanol–water partition coefficient (Wildman–Crippen LogP) is 20.7. The molecule has 0 spiro atoms. The Morgan fingerprint density at radius 3 is 0.750 bits per heavy atom. The number of hydrogen-bond donors (Lipinski definition) is 0. The van der Waals surface area contributed by atoms with Gasteiger partial charge in [-0.3, -0.25) is 0 Å². The number of rotatable bonds is 17. The van der Waals surface area contributed by atoms with E-state index in [0.29, 0.717) is 0 Å². The monoisotopic (exact) mass is 981 g/mol. The molecule has 0 N–H and O–H groups in total. The van der Waals surface area contributed by atoms with Crippen molar-refractivity contribution in [1.29, 1.82) is 0 Å². The lowest BCUT2D eigenvalue weighted by atomic mass is 10.00. The van der Waals surface area contributed by atoms with Crippen LogP contribution >= 0.6 is 0 Å². The van der Waals surface area contributed by atoms with Gasteiger partial charge in [-0.1, -0.05) is 257 Å². The van der Waals surface area contributed by atoms with Crippen molar-refractivity contribution >= 4 is 82.7 Å². The van der Waals surface area contributed by atoms with Gasteiger partial charge in [-0.2, -0.15) is 0 Å². The molecule has 2 nitrogen and oxygen atoms in total. The maximum Gasteiger partial charge on any atom is 0.0522 e. The summed E-state index contributed by atoms with van der Waals surface area (Å²) in [5, 5.41) is 0.